The Morgan fingerprint density at radius 3 is 0.889 bits per heavy atom. The average molecular weight is 250 g/mol. The summed E-state index contributed by atoms with van der Waals surface area (Å²) < 4.78 is 54.2. The van der Waals surface area contributed by atoms with Gasteiger partial charge in [0.1, 0.15) is 23.3 Å². The Morgan fingerprint density at radius 1 is 0.444 bits per heavy atom. The fraction of sp³-hybridized carbons (Fsp3) is 0. The minimum Gasteiger partial charge on any atom is -0.206 e. The number of rotatable bonds is 0. The molecule has 0 aliphatic carbocycles. The highest BCUT2D eigenvalue weighted by Crippen LogP contribution is 2.29. The molecular weight excluding hydrogens is 244 g/mol. The number of hydrogen-bond acceptors (Lipinski definition) is 0. The molecule has 0 saturated heterocycles. The SMILES string of the molecule is Fc1ccc(F)c2cc3c(F)ccc(F)c3cc12. The summed E-state index contributed by atoms with van der Waals surface area (Å²) >= 11 is 0. The number of hydrogen-bond donors (Lipinski definition) is 0. The largest absolute Gasteiger partial charge is 0.206 e. The maximum absolute atomic E-state index is 13.5. The summed E-state index contributed by atoms with van der Waals surface area (Å²) in [4.78, 5) is 0. The topological polar surface area (TPSA) is 0 Å². The van der Waals surface area contributed by atoms with Crippen molar-refractivity contribution < 1.29 is 17.6 Å². The summed E-state index contributed by atoms with van der Waals surface area (Å²) in [5.41, 5.74) is 0. The van der Waals surface area contributed by atoms with Crippen molar-refractivity contribution in [1.29, 1.82) is 0 Å². The van der Waals surface area contributed by atoms with Gasteiger partial charge < -0.3 is 0 Å². The first-order valence-corrected chi connectivity index (χ1v) is 5.23. The Balaban J connectivity index is 2.59. The van der Waals surface area contributed by atoms with Crippen molar-refractivity contribution in [2.75, 3.05) is 0 Å². The van der Waals surface area contributed by atoms with Gasteiger partial charge in [-0.1, -0.05) is 0 Å². The van der Waals surface area contributed by atoms with Gasteiger partial charge in [-0.15, -0.1) is 0 Å². The van der Waals surface area contributed by atoms with Gasteiger partial charge in [0.05, 0.1) is 0 Å². The highest BCUT2D eigenvalue weighted by molar-refractivity contribution is 5.99. The van der Waals surface area contributed by atoms with Crippen molar-refractivity contribution >= 4 is 21.5 Å². The predicted molar refractivity (Wildman–Crippen MR) is 61.3 cm³/mol. The lowest BCUT2D eigenvalue weighted by Gasteiger charge is -2.06. The number of benzene rings is 3. The van der Waals surface area contributed by atoms with Gasteiger partial charge in [0.25, 0.3) is 0 Å². The van der Waals surface area contributed by atoms with E-state index in [9.17, 15) is 17.6 Å². The second-order valence-corrected chi connectivity index (χ2v) is 4.00. The normalized spacial score (nSPS) is 11.3. The zero-order chi connectivity index (χ0) is 12.9. The van der Waals surface area contributed by atoms with Crippen LogP contribution in [-0.4, -0.2) is 0 Å². The fourth-order valence-electron chi connectivity index (χ4n) is 2.04. The van der Waals surface area contributed by atoms with Gasteiger partial charge in [-0.25, -0.2) is 17.6 Å². The van der Waals surface area contributed by atoms with Crippen molar-refractivity contribution in [3.05, 3.63) is 59.7 Å². The molecule has 0 radical (unpaired) electrons. The molecular formula is C14H6F4. The van der Waals surface area contributed by atoms with Gasteiger partial charge >= 0.3 is 0 Å². The molecule has 3 aromatic carbocycles. The molecule has 0 bridgehead atoms. The van der Waals surface area contributed by atoms with Crippen LogP contribution in [0.3, 0.4) is 0 Å². The number of halogens is 4. The summed E-state index contributed by atoms with van der Waals surface area (Å²) in [6, 6.07) is 6.09. The summed E-state index contributed by atoms with van der Waals surface area (Å²) in [5.74, 6) is -2.68. The van der Waals surface area contributed by atoms with E-state index in [4.69, 9.17) is 0 Å². The second kappa shape index (κ2) is 3.70. The maximum atomic E-state index is 13.5. The van der Waals surface area contributed by atoms with Gasteiger partial charge in [0.15, 0.2) is 0 Å². The molecule has 3 rings (SSSR count). The lowest BCUT2D eigenvalue weighted by molar-refractivity contribution is 0.614. The molecule has 0 heterocycles. The van der Waals surface area contributed by atoms with Crippen LogP contribution in [0.2, 0.25) is 0 Å². The van der Waals surface area contributed by atoms with Crippen molar-refractivity contribution in [1.82, 2.24) is 0 Å². The van der Waals surface area contributed by atoms with Crippen molar-refractivity contribution in [2.24, 2.45) is 0 Å². The highest BCUT2D eigenvalue weighted by atomic mass is 19.1. The molecule has 0 amide bonds. The minimum atomic E-state index is -0.669. The first kappa shape index (κ1) is 11.0. The van der Waals surface area contributed by atoms with Crippen LogP contribution in [0.15, 0.2) is 36.4 Å². The first-order chi connectivity index (χ1) is 8.58. The molecule has 0 N–H and O–H groups in total. The number of fused-ring (bicyclic) bond motifs is 2. The zero-order valence-corrected chi connectivity index (χ0v) is 8.98. The van der Waals surface area contributed by atoms with E-state index in [1.807, 2.05) is 0 Å². The molecule has 0 spiro atoms. The lowest BCUT2D eigenvalue weighted by atomic mass is 10.0. The van der Waals surface area contributed by atoms with E-state index < -0.39 is 23.3 Å². The second-order valence-electron chi connectivity index (χ2n) is 4.00. The molecule has 90 valence electrons. The van der Waals surface area contributed by atoms with Crippen molar-refractivity contribution in [3.8, 4) is 0 Å². The molecule has 0 aliphatic heterocycles. The molecule has 0 saturated carbocycles. The molecule has 0 unspecified atom stereocenters. The van der Waals surface area contributed by atoms with E-state index in [2.05, 4.69) is 0 Å². The monoisotopic (exact) mass is 250 g/mol. The van der Waals surface area contributed by atoms with Gasteiger partial charge in [-0.2, -0.15) is 0 Å². The van der Waals surface area contributed by atoms with E-state index in [1.54, 1.807) is 0 Å². The molecule has 3 aromatic rings. The van der Waals surface area contributed by atoms with Crippen LogP contribution < -0.4 is 0 Å². The Hall–Kier alpha value is -2.10. The van der Waals surface area contributed by atoms with Crippen molar-refractivity contribution in [3.63, 3.8) is 0 Å². The third kappa shape index (κ3) is 1.45. The van der Waals surface area contributed by atoms with E-state index in [1.165, 1.54) is 0 Å². The van der Waals surface area contributed by atoms with Crippen LogP contribution in [0.4, 0.5) is 17.6 Å². The van der Waals surface area contributed by atoms with E-state index >= 15 is 0 Å². The van der Waals surface area contributed by atoms with Crippen LogP contribution in [0, 0.1) is 23.3 Å². The van der Waals surface area contributed by atoms with Crippen LogP contribution >= 0.6 is 0 Å². The first-order valence-electron chi connectivity index (χ1n) is 5.23. The smallest absolute Gasteiger partial charge is 0.131 e. The molecule has 0 atom stereocenters. The summed E-state index contributed by atoms with van der Waals surface area (Å²) in [6.45, 7) is 0. The Morgan fingerprint density at radius 2 is 0.667 bits per heavy atom. The van der Waals surface area contributed by atoms with E-state index in [-0.39, 0.29) is 21.5 Å². The molecule has 0 nitrogen and oxygen atoms in total. The average Bonchev–Trinajstić information content (AvgIpc) is 2.37. The molecule has 4 heteroatoms. The van der Waals surface area contributed by atoms with Crippen LogP contribution in [0.25, 0.3) is 21.5 Å². The van der Waals surface area contributed by atoms with Gasteiger partial charge in [-0.3, -0.25) is 0 Å². The van der Waals surface area contributed by atoms with Crippen LogP contribution in [0.1, 0.15) is 0 Å². The maximum Gasteiger partial charge on any atom is 0.131 e. The highest BCUT2D eigenvalue weighted by Gasteiger charge is 2.12. The summed E-state index contributed by atoms with van der Waals surface area (Å²) in [5, 5.41) is -0.252. The molecule has 0 aliphatic rings. The Kier molecular flexibility index (Phi) is 2.26. The van der Waals surface area contributed by atoms with Gasteiger partial charge in [0, 0.05) is 21.5 Å². The lowest BCUT2D eigenvalue weighted by Crippen LogP contribution is -1.89. The predicted octanol–water partition coefficient (Wildman–Crippen LogP) is 4.55. The third-order valence-electron chi connectivity index (χ3n) is 2.94. The minimum absolute atomic E-state index is 0.0630. The fourth-order valence-corrected chi connectivity index (χ4v) is 2.04. The van der Waals surface area contributed by atoms with E-state index in [0.717, 1.165) is 36.4 Å². The molecule has 18 heavy (non-hydrogen) atoms. The quantitative estimate of drug-likeness (QED) is 0.405. The standard InChI is InChI=1S/C14H6F4/c15-11-1-2-12(16)8-6-10-9(5-7(8)11)13(17)3-4-14(10)18/h1-6H. The van der Waals surface area contributed by atoms with Crippen molar-refractivity contribution in [2.45, 2.75) is 0 Å². The molecule has 0 fully saturated rings. The summed E-state index contributed by atoms with van der Waals surface area (Å²) in [6.07, 6.45) is 0. The molecule has 0 aromatic heterocycles. The Labute approximate surface area is 99.5 Å². The van der Waals surface area contributed by atoms with Gasteiger partial charge in [-0.05, 0) is 36.4 Å². The third-order valence-corrected chi connectivity index (χ3v) is 2.94. The zero-order valence-electron chi connectivity index (χ0n) is 8.98. The van der Waals surface area contributed by atoms with E-state index in [0.29, 0.717) is 0 Å². The summed E-state index contributed by atoms with van der Waals surface area (Å²) in [7, 11) is 0. The Bertz CT molecular complexity index is 649. The van der Waals surface area contributed by atoms with Crippen LogP contribution in [-0.2, 0) is 0 Å². The van der Waals surface area contributed by atoms with Crippen LogP contribution in [0.5, 0.6) is 0 Å². The van der Waals surface area contributed by atoms with Gasteiger partial charge in [0.2, 0.25) is 0 Å².